The van der Waals surface area contributed by atoms with Crippen LogP contribution in [0.15, 0.2) is 0 Å². The summed E-state index contributed by atoms with van der Waals surface area (Å²) in [6, 6.07) is 0. The van der Waals surface area contributed by atoms with Gasteiger partial charge in [0, 0.05) is 12.1 Å². The topological polar surface area (TPSA) is 35.2 Å². The number of rotatable bonds is 2. The summed E-state index contributed by atoms with van der Waals surface area (Å²) in [5.74, 6) is 0.586. The highest BCUT2D eigenvalue weighted by Gasteiger charge is 2.32. The predicted molar refractivity (Wildman–Crippen MR) is 46.4 cm³/mol. The minimum absolute atomic E-state index is 0.0347. The summed E-state index contributed by atoms with van der Waals surface area (Å²) >= 11 is 0. The molecule has 0 amide bonds. The van der Waals surface area contributed by atoms with E-state index >= 15 is 0 Å². The molecular weight excluding hydrogens is 138 g/mol. The maximum absolute atomic E-state index is 6.19. The lowest BCUT2D eigenvalue weighted by atomic mass is 9.80. The van der Waals surface area contributed by atoms with Gasteiger partial charge in [0.1, 0.15) is 0 Å². The Labute approximate surface area is 69.1 Å². The molecule has 2 atom stereocenters. The zero-order valence-electron chi connectivity index (χ0n) is 7.60. The van der Waals surface area contributed by atoms with Gasteiger partial charge in [-0.3, -0.25) is 0 Å². The first kappa shape index (κ1) is 9.01. The van der Waals surface area contributed by atoms with Crippen molar-refractivity contribution in [1.29, 1.82) is 0 Å². The monoisotopic (exact) mass is 157 g/mol. The van der Waals surface area contributed by atoms with Crippen LogP contribution in [0.5, 0.6) is 0 Å². The van der Waals surface area contributed by atoms with Crippen LogP contribution in [0.2, 0.25) is 0 Å². The molecular formula is C9H19NO. The standard InChI is InChI=1S/C9H19NO/c1-3-8(2)9(10)5-4-6-11-7-9/h8H,3-7,10H2,1-2H3. The van der Waals surface area contributed by atoms with Gasteiger partial charge in [-0.05, 0) is 18.8 Å². The number of ether oxygens (including phenoxy) is 1. The van der Waals surface area contributed by atoms with Crippen LogP contribution in [0.3, 0.4) is 0 Å². The molecule has 1 saturated heterocycles. The Hall–Kier alpha value is -0.0800. The van der Waals surface area contributed by atoms with Gasteiger partial charge in [0.15, 0.2) is 0 Å². The van der Waals surface area contributed by atoms with E-state index in [0.717, 1.165) is 32.5 Å². The molecule has 0 aromatic heterocycles. The summed E-state index contributed by atoms with van der Waals surface area (Å²) in [5.41, 5.74) is 6.15. The lowest BCUT2D eigenvalue weighted by Crippen LogP contribution is -2.52. The third kappa shape index (κ3) is 1.94. The SMILES string of the molecule is CCC(C)C1(N)CCCOC1. The van der Waals surface area contributed by atoms with Gasteiger partial charge in [0.2, 0.25) is 0 Å². The van der Waals surface area contributed by atoms with E-state index in [1.807, 2.05) is 0 Å². The van der Waals surface area contributed by atoms with Crippen molar-refractivity contribution in [3.8, 4) is 0 Å². The number of hydrogen-bond donors (Lipinski definition) is 1. The largest absolute Gasteiger partial charge is 0.380 e. The van der Waals surface area contributed by atoms with Gasteiger partial charge in [-0.1, -0.05) is 20.3 Å². The van der Waals surface area contributed by atoms with Crippen LogP contribution in [0.25, 0.3) is 0 Å². The van der Waals surface area contributed by atoms with E-state index in [9.17, 15) is 0 Å². The molecule has 1 fully saturated rings. The second kappa shape index (κ2) is 3.55. The Morgan fingerprint density at radius 1 is 1.64 bits per heavy atom. The molecule has 0 spiro atoms. The van der Waals surface area contributed by atoms with Crippen LogP contribution >= 0.6 is 0 Å². The van der Waals surface area contributed by atoms with Gasteiger partial charge in [0.05, 0.1) is 6.61 Å². The molecule has 1 aliphatic rings. The number of hydrogen-bond acceptors (Lipinski definition) is 2. The summed E-state index contributed by atoms with van der Waals surface area (Å²) in [5, 5.41) is 0. The van der Waals surface area contributed by atoms with E-state index in [1.165, 1.54) is 0 Å². The van der Waals surface area contributed by atoms with Crippen molar-refractivity contribution in [2.45, 2.75) is 38.6 Å². The van der Waals surface area contributed by atoms with Gasteiger partial charge < -0.3 is 10.5 Å². The highest BCUT2D eigenvalue weighted by Crippen LogP contribution is 2.26. The minimum Gasteiger partial charge on any atom is -0.380 e. The summed E-state index contributed by atoms with van der Waals surface area (Å²) in [6.45, 7) is 6.06. The molecule has 2 nitrogen and oxygen atoms in total. The van der Waals surface area contributed by atoms with Gasteiger partial charge in [-0.2, -0.15) is 0 Å². The van der Waals surface area contributed by atoms with Gasteiger partial charge in [-0.15, -0.1) is 0 Å². The van der Waals surface area contributed by atoms with Crippen LogP contribution in [0, 0.1) is 5.92 Å². The zero-order valence-corrected chi connectivity index (χ0v) is 7.60. The molecule has 1 rings (SSSR count). The molecule has 0 aromatic rings. The van der Waals surface area contributed by atoms with E-state index in [1.54, 1.807) is 0 Å². The van der Waals surface area contributed by atoms with Crippen molar-refractivity contribution in [2.24, 2.45) is 11.7 Å². The molecule has 1 heterocycles. The van der Waals surface area contributed by atoms with Crippen molar-refractivity contribution >= 4 is 0 Å². The molecule has 11 heavy (non-hydrogen) atoms. The Morgan fingerprint density at radius 3 is 2.82 bits per heavy atom. The van der Waals surface area contributed by atoms with Crippen molar-refractivity contribution < 1.29 is 4.74 Å². The summed E-state index contributed by atoms with van der Waals surface area (Å²) in [6.07, 6.45) is 3.41. The fourth-order valence-electron chi connectivity index (χ4n) is 1.63. The van der Waals surface area contributed by atoms with E-state index in [0.29, 0.717) is 5.92 Å². The minimum atomic E-state index is -0.0347. The second-order valence-electron chi connectivity index (χ2n) is 3.70. The first-order valence-corrected chi connectivity index (χ1v) is 4.55. The van der Waals surface area contributed by atoms with E-state index in [2.05, 4.69) is 13.8 Å². The molecule has 2 unspecified atom stereocenters. The van der Waals surface area contributed by atoms with Crippen LogP contribution in [-0.4, -0.2) is 18.8 Å². The number of nitrogens with two attached hydrogens (primary N) is 1. The highest BCUT2D eigenvalue weighted by molar-refractivity contribution is 4.90. The van der Waals surface area contributed by atoms with Crippen LogP contribution in [0.1, 0.15) is 33.1 Å². The third-order valence-corrected chi connectivity index (χ3v) is 2.90. The molecule has 2 N–H and O–H groups in total. The molecule has 0 aliphatic carbocycles. The molecule has 0 aromatic carbocycles. The summed E-state index contributed by atoms with van der Waals surface area (Å²) in [4.78, 5) is 0. The lowest BCUT2D eigenvalue weighted by Gasteiger charge is -2.38. The van der Waals surface area contributed by atoms with Crippen LogP contribution in [-0.2, 0) is 4.74 Å². The van der Waals surface area contributed by atoms with E-state index in [-0.39, 0.29) is 5.54 Å². The molecule has 2 heteroatoms. The predicted octanol–water partition coefficient (Wildman–Crippen LogP) is 1.54. The van der Waals surface area contributed by atoms with E-state index < -0.39 is 0 Å². The summed E-state index contributed by atoms with van der Waals surface area (Å²) in [7, 11) is 0. The quantitative estimate of drug-likeness (QED) is 0.660. The average molecular weight is 157 g/mol. The van der Waals surface area contributed by atoms with E-state index in [4.69, 9.17) is 10.5 Å². The molecule has 0 radical (unpaired) electrons. The average Bonchev–Trinajstić information content (AvgIpc) is 2.04. The summed E-state index contributed by atoms with van der Waals surface area (Å²) < 4.78 is 5.38. The van der Waals surface area contributed by atoms with Gasteiger partial charge >= 0.3 is 0 Å². The van der Waals surface area contributed by atoms with Crippen molar-refractivity contribution in [2.75, 3.05) is 13.2 Å². The molecule has 0 saturated carbocycles. The zero-order chi connectivity index (χ0) is 8.32. The van der Waals surface area contributed by atoms with Crippen LogP contribution in [0.4, 0.5) is 0 Å². The fraction of sp³-hybridized carbons (Fsp3) is 1.00. The fourth-order valence-corrected chi connectivity index (χ4v) is 1.63. The maximum Gasteiger partial charge on any atom is 0.0648 e. The van der Waals surface area contributed by atoms with Crippen LogP contribution < -0.4 is 5.73 Å². The second-order valence-corrected chi connectivity index (χ2v) is 3.70. The lowest BCUT2D eigenvalue weighted by molar-refractivity contribution is 0.0138. The Kier molecular flexibility index (Phi) is 2.90. The van der Waals surface area contributed by atoms with Gasteiger partial charge in [0.25, 0.3) is 0 Å². The van der Waals surface area contributed by atoms with Crippen molar-refractivity contribution in [1.82, 2.24) is 0 Å². The van der Waals surface area contributed by atoms with Crippen molar-refractivity contribution in [3.05, 3.63) is 0 Å². The third-order valence-electron chi connectivity index (χ3n) is 2.90. The van der Waals surface area contributed by atoms with Gasteiger partial charge in [-0.25, -0.2) is 0 Å². The molecule has 1 aliphatic heterocycles. The maximum atomic E-state index is 6.19. The normalized spacial score (nSPS) is 35.2. The highest BCUT2D eigenvalue weighted by atomic mass is 16.5. The smallest absolute Gasteiger partial charge is 0.0648 e. The first-order chi connectivity index (χ1) is 5.19. The first-order valence-electron chi connectivity index (χ1n) is 4.55. The molecule has 66 valence electrons. The molecule has 0 bridgehead atoms. The van der Waals surface area contributed by atoms with Crippen molar-refractivity contribution in [3.63, 3.8) is 0 Å². The Balaban J connectivity index is 2.49. The Morgan fingerprint density at radius 2 is 2.36 bits per heavy atom. The Bertz CT molecular complexity index is 119.